The van der Waals surface area contributed by atoms with Gasteiger partial charge in [-0.3, -0.25) is 4.79 Å². The molecule has 2 aromatic rings. The van der Waals surface area contributed by atoms with Gasteiger partial charge >= 0.3 is 0 Å². The highest BCUT2D eigenvalue weighted by Crippen LogP contribution is 2.22. The smallest absolute Gasteiger partial charge is 0.253 e. The number of benzene rings is 2. The SMILES string of the molecule is N#Cc1ccccc1S(=O)(=O)N1CCN(C(=O)c2cccc(Cl)c2)CC1. The van der Waals surface area contributed by atoms with Crippen molar-refractivity contribution in [1.82, 2.24) is 9.21 Å². The summed E-state index contributed by atoms with van der Waals surface area (Å²) >= 11 is 5.92. The predicted molar refractivity (Wildman–Crippen MR) is 97.3 cm³/mol. The monoisotopic (exact) mass is 389 g/mol. The maximum Gasteiger partial charge on any atom is 0.253 e. The maximum atomic E-state index is 12.8. The van der Waals surface area contributed by atoms with Gasteiger partial charge in [0.15, 0.2) is 0 Å². The first-order valence-electron chi connectivity index (χ1n) is 7.97. The molecular formula is C18H16ClN3O3S. The fraction of sp³-hybridized carbons (Fsp3) is 0.222. The van der Waals surface area contributed by atoms with Crippen molar-refractivity contribution < 1.29 is 13.2 Å². The first-order chi connectivity index (χ1) is 12.4. The molecule has 0 bridgehead atoms. The third kappa shape index (κ3) is 3.58. The van der Waals surface area contributed by atoms with Crippen molar-refractivity contribution in [3.8, 4) is 6.07 Å². The molecule has 0 aromatic heterocycles. The average Bonchev–Trinajstić information content (AvgIpc) is 2.67. The van der Waals surface area contributed by atoms with Crippen molar-refractivity contribution in [1.29, 1.82) is 5.26 Å². The Hall–Kier alpha value is -2.40. The Morgan fingerprint density at radius 2 is 1.73 bits per heavy atom. The highest BCUT2D eigenvalue weighted by Gasteiger charge is 2.31. The predicted octanol–water partition coefficient (Wildman–Crippen LogP) is 2.36. The lowest BCUT2D eigenvalue weighted by molar-refractivity contribution is 0.0698. The van der Waals surface area contributed by atoms with Gasteiger partial charge in [0, 0.05) is 36.8 Å². The molecule has 1 saturated heterocycles. The van der Waals surface area contributed by atoms with Crippen LogP contribution in [0, 0.1) is 11.3 Å². The Labute approximate surface area is 157 Å². The molecule has 0 atom stereocenters. The summed E-state index contributed by atoms with van der Waals surface area (Å²) in [5.74, 6) is -0.179. The number of sulfonamides is 1. The molecule has 134 valence electrons. The number of hydrogen-bond donors (Lipinski definition) is 0. The minimum atomic E-state index is -3.77. The van der Waals surface area contributed by atoms with Gasteiger partial charge in [-0.25, -0.2) is 8.42 Å². The number of carbonyl (C=O) groups is 1. The van der Waals surface area contributed by atoms with Gasteiger partial charge in [0.2, 0.25) is 10.0 Å². The molecule has 3 rings (SSSR count). The van der Waals surface area contributed by atoms with Crippen LogP contribution in [0.4, 0.5) is 0 Å². The van der Waals surface area contributed by atoms with Crippen LogP contribution in [0.5, 0.6) is 0 Å². The lowest BCUT2D eigenvalue weighted by Crippen LogP contribution is -2.50. The summed E-state index contributed by atoms with van der Waals surface area (Å²) in [5.41, 5.74) is 0.591. The minimum Gasteiger partial charge on any atom is -0.336 e. The summed E-state index contributed by atoms with van der Waals surface area (Å²) in [6.45, 7) is 0.904. The Kier molecular flexibility index (Phi) is 5.28. The first kappa shape index (κ1) is 18.4. The minimum absolute atomic E-state index is 0.00267. The fourth-order valence-corrected chi connectivity index (χ4v) is 4.61. The van der Waals surface area contributed by atoms with Crippen LogP contribution in [0.15, 0.2) is 53.4 Å². The van der Waals surface area contributed by atoms with Crippen molar-refractivity contribution in [2.24, 2.45) is 0 Å². The average molecular weight is 390 g/mol. The third-order valence-corrected chi connectivity index (χ3v) is 6.41. The Morgan fingerprint density at radius 1 is 1.04 bits per heavy atom. The molecule has 0 spiro atoms. The van der Waals surface area contributed by atoms with E-state index < -0.39 is 10.0 Å². The van der Waals surface area contributed by atoms with E-state index in [0.717, 1.165) is 0 Å². The molecule has 0 saturated carbocycles. The van der Waals surface area contributed by atoms with Crippen molar-refractivity contribution in [2.45, 2.75) is 4.90 Å². The number of piperazine rings is 1. The van der Waals surface area contributed by atoms with E-state index in [0.29, 0.717) is 10.6 Å². The van der Waals surface area contributed by atoms with E-state index >= 15 is 0 Å². The van der Waals surface area contributed by atoms with E-state index in [1.165, 1.54) is 16.4 Å². The topological polar surface area (TPSA) is 81.5 Å². The summed E-state index contributed by atoms with van der Waals surface area (Å²) < 4.78 is 26.9. The second-order valence-electron chi connectivity index (χ2n) is 5.81. The molecule has 1 amide bonds. The van der Waals surface area contributed by atoms with Crippen molar-refractivity contribution >= 4 is 27.5 Å². The largest absolute Gasteiger partial charge is 0.336 e. The standard InChI is InChI=1S/C18H16ClN3O3S/c19-16-6-3-5-14(12-16)18(23)21-8-10-22(11-9-21)26(24,25)17-7-2-1-4-15(17)13-20/h1-7,12H,8-11H2. The van der Waals surface area contributed by atoms with Gasteiger partial charge in [-0.05, 0) is 30.3 Å². The van der Waals surface area contributed by atoms with Gasteiger partial charge < -0.3 is 4.90 Å². The van der Waals surface area contributed by atoms with Crippen molar-refractivity contribution in [2.75, 3.05) is 26.2 Å². The zero-order valence-corrected chi connectivity index (χ0v) is 15.4. The van der Waals surface area contributed by atoms with Crippen LogP contribution in [0.1, 0.15) is 15.9 Å². The van der Waals surface area contributed by atoms with E-state index in [4.69, 9.17) is 16.9 Å². The second-order valence-corrected chi connectivity index (χ2v) is 8.16. The van der Waals surface area contributed by atoms with Gasteiger partial charge in [0.05, 0.1) is 10.5 Å². The van der Waals surface area contributed by atoms with Crippen molar-refractivity contribution in [3.05, 3.63) is 64.7 Å². The van der Waals surface area contributed by atoms with E-state index in [1.807, 2.05) is 6.07 Å². The Balaban J connectivity index is 1.74. The second kappa shape index (κ2) is 7.46. The fourth-order valence-electron chi connectivity index (χ4n) is 2.86. The van der Waals surface area contributed by atoms with Gasteiger partial charge in [-0.15, -0.1) is 0 Å². The van der Waals surface area contributed by atoms with Gasteiger partial charge in [-0.2, -0.15) is 9.57 Å². The zero-order valence-electron chi connectivity index (χ0n) is 13.8. The van der Waals surface area contributed by atoms with E-state index in [9.17, 15) is 13.2 Å². The summed E-state index contributed by atoms with van der Waals surface area (Å²) in [5, 5.41) is 9.62. The number of rotatable bonds is 3. The van der Waals surface area contributed by atoms with Crippen LogP contribution >= 0.6 is 11.6 Å². The zero-order chi connectivity index (χ0) is 18.7. The highest BCUT2D eigenvalue weighted by atomic mass is 35.5. The lowest BCUT2D eigenvalue weighted by Gasteiger charge is -2.34. The number of nitriles is 1. The number of halogens is 1. The highest BCUT2D eigenvalue weighted by molar-refractivity contribution is 7.89. The van der Waals surface area contributed by atoms with Crippen LogP contribution in [-0.2, 0) is 10.0 Å². The summed E-state index contributed by atoms with van der Waals surface area (Å²) in [4.78, 5) is 14.1. The summed E-state index contributed by atoms with van der Waals surface area (Å²) in [6, 6.07) is 14.7. The molecule has 6 nitrogen and oxygen atoms in total. The van der Waals surface area contributed by atoms with Crippen LogP contribution in [-0.4, -0.2) is 49.7 Å². The normalized spacial score (nSPS) is 15.5. The molecule has 1 aliphatic heterocycles. The van der Waals surface area contributed by atoms with E-state index in [1.54, 1.807) is 41.3 Å². The molecule has 8 heteroatoms. The molecular weight excluding hydrogens is 374 g/mol. The number of hydrogen-bond acceptors (Lipinski definition) is 4. The molecule has 0 aliphatic carbocycles. The molecule has 26 heavy (non-hydrogen) atoms. The first-order valence-corrected chi connectivity index (χ1v) is 9.79. The summed E-state index contributed by atoms with van der Waals surface area (Å²) in [6.07, 6.45) is 0. The molecule has 0 unspecified atom stereocenters. The van der Waals surface area contributed by atoms with E-state index in [2.05, 4.69) is 0 Å². The van der Waals surface area contributed by atoms with Crippen LogP contribution in [0.3, 0.4) is 0 Å². The van der Waals surface area contributed by atoms with E-state index in [-0.39, 0.29) is 42.5 Å². The molecule has 1 heterocycles. The Morgan fingerprint density at radius 3 is 2.38 bits per heavy atom. The summed E-state index contributed by atoms with van der Waals surface area (Å²) in [7, 11) is -3.77. The molecule has 1 aliphatic rings. The van der Waals surface area contributed by atoms with Crippen LogP contribution < -0.4 is 0 Å². The molecule has 0 radical (unpaired) electrons. The number of carbonyl (C=O) groups excluding carboxylic acids is 1. The Bertz CT molecular complexity index is 977. The molecule has 0 N–H and O–H groups in total. The molecule has 2 aromatic carbocycles. The lowest BCUT2D eigenvalue weighted by atomic mass is 10.2. The van der Waals surface area contributed by atoms with Gasteiger partial charge in [0.25, 0.3) is 5.91 Å². The van der Waals surface area contributed by atoms with Crippen LogP contribution in [0.25, 0.3) is 0 Å². The van der Waals surface area contributed by atoms with Crippen LogP contribution in [0.2, 0.25) is 5.02 Å². The number of nitrogens with zero attached hydrogens (tertiary/aromatic N) is 3. The van der Waals surface area contributed by atoms with Crippen molar-refractivity contribution in [3.63, 3.8) is 0 Å². The quantitative estimate of drug-likeness (QED) is 0.806. The third-order valence-electron chi connectivity index (χ3n) is 4.22. The maximum absolute atomic E-state index is 12.8. The molecule has 1 fully saturated rings. The van der Waals surface area contributed by atoms with Gasteiger partial charge in [0.1, 0.15) is 6.07 Å². The number of amides is 1. The van der Waals surface area contributed by atoms with Gasteiger partial charge in [-0.1, -0.05) is 29.8 Å².